The molecule has 2 heteroatoms. The lowest BCUT2D eigenvalue weighted by molar-refractivity contribution is 0.195. The molecule has 0 heterocycles. The summed E-state index contributed by atoms with van der Waals surface area (Å²) in [6, 6.07) is 11.3. The second-order valence-electron chi connectivity index (χ2n) is 6.53. The number of nitrogens with two attached hydrogens (primary N) is 1. The van der Waals surface area contributed by atoms with Crippen molar-refractivity contribution in [2.45, 2.75) is 51.0 Å². The van der Waals surface area contributed by atoms with Crippen LogP contribution in [0.5, 0.6) is 0 Å². The Labute approximate surface area is 124 Å². The third-order valence-corrected chi connectivity index (χ3v) is 4.91. The van der Waals surface area contributed by atoms with Crippen molar-refractivity contribution >= 4 is 0 Å². The zero-order chi connectivity index (χ0) is 14.4. The monoisotopic (exact) mass is 274 g/mol. The largest absolute Gasteiger partial charge is 0.329 e. The van der Waals surface area contributed by atoms with Crippen LogP contribution < -0.4 is 5.73 Å². The van der Waals surface area contributed by atoms with E-state index < -0.39 is 0 Å². The third-order valence-electron chi connectivity index (χ3n) is 4.91. The SMILES string of the molecule is CC(CC(CN)N(C)CC1CCCC1)c1ccccc1. The Morgan fingerprint density at radius 2 is 1.85 bits per heavy atom. The number of benzene rings is 1. The molecule has 0 bridgehead atoms. The summed E-state index contributed by atoms with van der Waals surface area (Å²) < 4.78 is 0. The lowest BCUT2D eigenvalue weighted by Gasteiger charge is -2.31. The summed E-state index contributed by atoms with van der Waals surface area (Å²) in [4.78, 5) is 2.51. The van der Waals surface area contributed by atoms with Crippen molar-refractivity contribution < 1.29 is 0 Å². The fraction of sp³-hybridized carbons (Fsp3) is 0.667. The van der Waals surface area contributed by atoms with Crippen LogP contribution in [0.15, 0.2) is 30.3 Å². The molecule has 0 aliphatic heterocycles. The van der Waals surface area contributed by atoms with E-state index in [-0.39, 0.29) is 0 Å². The van der Waals surface area contributed by atoms with Crippen LogP contribution >= 0.6 is 0 Å². The van der Waals surface area contributed by atoms with Gasteiger partial charge in [-0.25, -0.2) is 0 Å². The van der Waals surface area contributed by atoms with E-state index in [1.165, 1.54) is 37.8 Å². The molecule has 2 nitrogen and oxygen atoms in total. The van der Waals surface area contributed by atoms with E-state index in [0.29, 0.717) is 12.0 Å². The second kappa shape index (κ2) is 7.80. The molecule has 1 aromatic rings. The number of likely N-dealkylation sites (N-methyl/N-ethyl adjacent to an activating group) is 1. The van der Waals surface area contributed by atoms with E-state index in [0.717, 1.165) is 18.9 Å². The molecule has 2 unspecified atom stereocenters. The lowest BCUT2D eigenvalue weighted by Crippen LogP contribution is -2.41. The average molecular weight is 274 g/mol. The maximum atomic E-state index is 6.03. The van der Waals surface area contributed by atoms with Crippen LogP contribution in [-0.2, 0) is 0 Å². The first-order valence-electron chi connectivity index (χ1n) is 8.16. The van der Waals surface area contributed by atoms with Gasteiger partial charge in [0, 0.05) is 19.1 Å². The van der Waals surface area contributed by atoms with E-state index in [1.807, 2.05) is 0 Å². The molecule has 2 N–H and O–H groups in total. The molecule has 1 aliphatic rings. The van der Waals surface area contributed by atoms with Crippen LogP contribution in [0.3, 0.4) is 0 Å². The minimum atomic E-state index is 0.505. The minimum absolute atomic E-state index is 0.505. The summed E-state index contributed by atoms with van der Waals surface area (Å²) in [5.74, 6) is 1.48. The molecule has 2 atom stereocenters. The van der Waals surface area contributed by atoms with Crippen LogP contribution in [0.4, 0.5) is 0 Å². The zero-order valence-electron chi connectivity index (χ0n) is 13.1. The molecule has 2 rings (SSSR count). The topological polar surface area (TPSA) is 29.3 Å². The van der Waals surface area contributed by atoms with Crippen molar-refractivity contribution in [2.24, 2.45) is 11.7 Å². The Kier molecular flexibility index (Phi) is 6.06. The second-order valence-corrected chi connectivity index (χ2v) is 6.53. The van der Waals surface area contributed by atoms with E-state index in [1.54, 1.807) is 0 Å². The van der Waals surface area contributed by atoms with Gasteiger partial charge in [-0.15, -0.1) is 0 Å². The van der Waals surface area contributed by atoms with E-state index >= 15 is 0 Å². The van der Waals surface area contributed by atoms with Crippen LogP contribution in [0.2, 0.25) is 0 Å². The highest BCUT2D eigenvalue weighted by atomic mass is 15.1. The molecule has 0 spiro atoms. The first-order chi connectivity index (χ1) is 9.70. The van der Waals surface area contributed by atoms with Gasteiger partial charge in [0.2, 0.25) is 0 Å². The van der Waals surface area contributed by atoms with Crippen molar-refractivity contribution in [1.82, 2.24) is 4.90 Å². The predicted octanol–water partition coefficient (Wildman–Crippen LogP) is 3.63. The Morgan fingerprint density at radius 3 is 2.45 bits per heavy atom. The van der Waals surface area contributed by atoms with Gasteiger partial charge in [0.1, 0.15) is 0 Å². The molecular formula is C18H30N2. The van der Waals surface area contributed by atoms with Gasteiger partial charge in [-0.1, -0.05) is 50.1 Å². The number of rotatable bonds is 7. The first-order valence-corrected chi connectivity index (χ1v) is 8.16. The standard InChI is InChI=1S/C18H30N2/c1-15(17-10-4-3-5-11-17)12-18(13-19)20(2)14-16-8-6-7-9-16/h3-5,10-11,15-16,18H,6-9,12-14,19H2,1-2H3. The van der Waals surface area contributed by atoms with Crippen LogP contribution in [-0.4, -0.2) is 31.1 Å². The highest BCUT2D eigenvalue weighted by molar-refractivity contribution is 5.18. The summed E-state index contributed by atoms with van der Waals surface area (Å²) in [5.41, 5.74) is 7.46. The van der Waals surface area contributed by atoms with E-state index in [4.69, 9.17) is 5.73 Å². The number of hydrogen-bond acceptors (Lipinski definition) is 2. The minimum Gasteiger partial charge on any atom is -0.329 e. The maximum absolute atomic E-state index is 6.03. The van der Waals surface area contributed by atoms with Gasteiger partial charge in [0.05, 0.1) is 0 Å². The molecule has 0 aromatic heterocycles. The maximum Gasteiger partial charge on any atom is 0.0221 e. The van der Waals surface area contributed by atoms with E-state index in [2.05, 4.69) is 49.2 Å². The fourth-order valence-electron chi connectivity index (χ4n) is 3.53. The predicted molar refractivity (Wildman–Crippen MR) is 86.9 cm³/mol. The zero-order valence-corrected chi connectivity index (χ0v) is 13.1. The third kappa shape index (κ3) is 4.32. The molecule has 1 aromatic carbocycles. The first kappa shape index (κ1) is 15.5. The Balaban J connectivity index is 1.87. The van der Waals surface area contributed by atoms with Gasteiger partial charge in [-0.2, -0.15) is 0 Å². The summed E-state index contributed by atoms with van der Waals surface area (Å²) in [5, 5.41) is 0. The summed E-state index contributed by atoms with van der Waals surface area (Å²) in [7, 11) is 2.26. The molecule has 0 amide bonds. The highest BCUT2D eigenvalue weighted by Gasteiger charge is 2.22. The Hall–Kier alpha value is -0.860. The van der Waals surface area contributed by atoms with Crippen molar-refractivity contribution in [2.75, 3.05) is 20.1 Å². The smallest absolute Gasteiger partial charge is 0.0221 e. The summed E-state index contributed by atoms with van der Waals surface area (Å²) >= 11 is 0. The Morgan fingerprint density at radius 1 is 1.20 bits per heavy atom. The van der Waals surface area contributed by atoms with Gasteiger partial charge in [0.15, 0.2) is 0 Å². The van der Waals surface area contributed by atoms with Gasteiger partial charge < -0.3 is 10.6 Å². The van der Waals surface area contributed by atoms with Crippen molar-refractivity contribution in [3.63, 3.8) is 0 Å². The molecule has 1 fully saturated rings. The van der Waals surface area contributed by atoms with Gasteiger partial charge >= 0.3 is 0 Å². The van der Waals surface area contributed by atoms with Gasteiger partial charge in [-0.05, 0) is 43.7 Å². The van der Waals surface area contributed by atoms with Crippen molar-refractivity contribution in [1.29, 1.82) is 0 Å². The number of nitrogens with zero attached hydrogens (tertiary/aromatic N) is 1. The lowest BCUT2D eigenvalue weighted by atomic mass is 9.93. The molecule has 0 radical (unpaired) electrons. The van der Waals surface area contributed by atoms with Crippen molar-refractivity contribution in [3.8, 4) is 0 Å². The fourth-order valence-corrected chi connectivity index (χ4v) is 3.53. The van der Waals surface area contributed by atoms with Crippen LogP contribution in [0.25, 0.3) is 0 Å². The van der Waals surface area contributed by atoms with Gasteiger partial charge in [0.25, 0.3) is 0 Å². The molecule has 112 valence electrons. The summed E-state index contributed by atoms with van der Waals surface area (Å²) in [6.07, 6.45) is 6.83. The van der Waals surface area contributed by atoms with Gasteiger partial charge in [-0.3, -0.25) is 0 Å². The molecule has 20 heavy (non-hydrogen) atoms. The van der Waals surface area contributed by atoms with Crippen LogP contribution in [0.1, 0.15) is 50.5 Å². The highest BCUT2D eigenvalue weighted by Crippen LogP contribution is 2.27. The molecular weight excluding hydrogens is 244 g/mol. The normalized spacial score (nSPS) is 19.4. The van der Waals surface area contributed by atoms with Crippen molar-refractivity contribution in [3.05, 3.63) is 35.9 Å². The Bertz CT molecular complexity index is 370. The summed E-state index contributed by atoms with van der Waals surface area (Å²) in [6.45, 7) is 4.31. The molecule has 1 saturated carbocycles. The quantitative estimate of drug-likeness (QED) is 0.822. The van der Waals surface area contributed by atoms with E-state index in [9.17, 15) is 0 Å². The number of hydrogen-bond donors (Lipinski definition) is 1. The van der Waals surface area contributed by atoms with Crippen LogP contribution in [0, 0.1) is 5.92 Å². The molecule has 0 saturated heterocycles. The average Bonchev–Trinajstić information content (AvgIpc) is 2.98. The molecule has 1 aliphatic carbocycles.